The quantitative estimate of drug-likeness (QED) is 0.948. The minimum absolute atomic E-state index is 0.163. The van der Waals surface area contributed by atoms with E-state index in [2.05, 4.69) is 19.9 Å². The molecule has 0 saturated carbocycles. The van der Waals surface area contributed by atoms with Crippen LogP contribution in [0, 0.1) is 13.8 Å². The Morgan fingerprint density at radius 2 is 2.09 bits per heavy atom. The number of carbonyl (C=O) groups excluding carboxylic acids is 1. The maximum Gasteiger partial charge on any atom is 0.227 e. The molecule has 4 nitrogen and oxygen atoms in total. The van der Waals surface area contributed by atoms with Gasteiger partial charge in [0.25, 0.3) is 0 Å². The van der Waals surface area contributed by atoms with Gasteiger partial charge in [0, 0.05) is 30.1 Å². The van der Waals surface area contributed by atoms with E-state index >= 15 is 0 Å². The smallest absolute Gasteiger partial charge is 0.227 e. The molecule has 3 rings (SSSR count). The lowest BCUT2D eigenvalue weighted by Gasteiger charge is -2.35. The Labute approximate surface area is 131 Å². The van der Waals surface area contributed by atoms with E-state index in [1.165, 1.54) is 17.5 Å². The molecular formula is C18H24N2O2. The summed E-state index contributed by atoms with van der Waals surface area (Å²) in [6.45, 7) is 5.54. The molecule has 0 bridgehead atoms. The highest BCUT2D eigenvalue weighted by Crippen LogP contribution is 2.26. The van der Waals surface area contributed by atoms with Crippen LogP contribution in [0.5, 0.6) is 0 Å². The number of piperidine rings is 1. The molecule has 1 saturated heterocycles. The molecule has 4 heteroatoms. The number of hydrogen-bond acceptors (Lipinski definition) is 3. The van der Waals surface area contributed by atoms with Gasteiger partial charge < -0.3 is 15.1 Å². The van der Waals surface area contributed by atoms with Crippen molar-refractivity contribution in [1.82, 2.24) is 4.90 Å². The van der Waals surface area contributed by atoms with Crippen molar-refractivity contribution < 1.29 is 9.21 Å². The van der Waals surface area contributed by atoms with E-state index in [-0.39, 0.29) is 11.9 Å². The molecule has 2 N–H and O–H groups in total. The average molecular weight is 300 g/mol. The summed E-state index contributed by atoms with van der Waals surface area (Å²) >= 11 is 0. The summed E-state index contributed by atoms with van der Waals surface area (Å²) in [6, 6.07) is 4.36. The Balaban J connectivity index is 1.83. The Hall–Kier alpha value is -1.81. The molecular weight excluding hydrogens is 276 g/mol. The van der Waals surface area contributed by atoms with Crippen molar-refractivity contribution in [3.63, 3.8) is 0 Å². The van der Waals surface area contributed by atoms with Gasteiger partial charge in [0.05, 0.1) is 12.7 Å². The highest BCUT2D eigenvalue weighted by molar-refractivity contribution is 5.88. The number of carbonyl (C=O) groups is 1. The summed E-state index contributed by atoms with van der Waals surface area (Å²) < 4.78 is 5.63. The average Bonchev–Trinajstić information content (AvgIpc) is 2.89. The van der Waals surface area contributed by atoms with Crippen LogP contribution in [0.3, 0.4) is 0 Å². The number of benzene rings is 1. The molecule has 1 aliphatic heterocycles. The Morgan fingerprint density at radius 1 is 1.32 bits per heavy atom. The van der Waals surface area contributed by atoms with E-state index in [0.717, 1.165) is 35.9 Å². The molecule has 1 aromatic heterocycles. The molecule has 1 aliphatic rings. The van der Waals surface area contributed by atoms with E-state index in [1.54, 1.807) is 6.26 Å². The van der Waals surface area contributed by atoms with Crippen LogP contribution in [0.2, 0.25) is 0 Å². The minimum Gasteiger partial charge on any atom is -0.464 e. The number of furan rings is 1. The summed E-state index contributed by atoms with van der Waals surface area (Å²) in [5.41, 5.74) is 10.1. The standard InChI is InChI=1S/C18H24N2O2/c1-12-7-16-14(11-22-17(16)8-13(12)2)9-18(21)20-6-4-3-5-15(20)10-19/h7-8,11,15H,3-6,9-10,19H2,1-2H3. The van der Waals surface area contributed by atoms with Crippen LogP contribution in [0.1, 0.15) is 36.0 Å². The lowest BCUT2D eigenvalue weighted by atomic mass is 10.00. The Kier molecular flexibility index (Phi) is 4.21. The zero-order chi connectivity index (χ0) is 15.7. The first-order valence-corrected chi connectivity index (χ1v) is 8.07. The second-order valence-corrected chi connectivity index (χ2v) is 6.34. The molecule has 118 valence electrons. The monoisotopic (exact) mass is 300 g/mol. The van der Waals surface area contributed by atoms with Crippen molar-refractivity contribution in [2.75, 3.05) is 13.1 Å². The number of nitrogens with zero attached hydrogens (tertiary/aromatic N) is 1. The molecule has 2 heterocycles. The predicted molar refractivity (Wildman–Crippen MR) is 87.8 cm³/mol. The highest BCUT2D eigenvalue weighted by atomic mass is 16.3. The highest BCUT2D eigenvalue weighted by Gasteiger charge is 2.26. The van der Waals surface area contributed by atoms with Crippen molar-refractivity contribution in [3.8, 4) is 0 Å². The van der Waals surface area contributed by atoms with Crippen molar-refractivity contribution in [3.05, 3.63) is 35.1 Å². The second kappa shape index (κ2) is 6.13. The van der Waals surface area contributed by atoms with Gasteiger partial charge in [-0.25, -0.2) is 0 Å². The molecule has 1 aromatic carbocycles. The third-order valence-electron chi connectivity index (χ3n) is 4.83. The van der Waals surface area contributed by atoms with Gasteiger partial charge in [0.2, 0.25) is 5.91 Å². The fourth-order valence-electron chi connectivity index (χ4n) is 3.31. The Morgan fingerprint density at radius 3 is 2.86 bits per heavy atom. The largest absolute Gasteiger partial charge is 0.464 e. The molecule has 0 spiro atoms. The Bertz CT molecular complexity index is 690. The zero-order valence-corrected chi connectivity index (χ0v) is 13.4. The maximum absolute atomic E-state index is 12.7. The van der Waals surface area contributed by atoms with Crippen LogP contribution in [-0.4, -0.2) is 29.9 Å². The first-order chi connectivity index (χ1) is 10.6. The van der Waals surface area contributed by atoms with Gasteiger partial charge in [0.1, 0.15) is 5.58 Å². The van der Waals surface area contributed by atoms with Gasteiger partial charge in [-0.05, 0) is 56.4 Å². The number of hydrogen-bond donors (Lipinski definition) is 1. The number of likely N-dealkylation sites (tertiary alicyclic amines) is 1. The maximum atomic E-state index is 12.7. The lowest BCUT2D eigenvalue weighted by molar-refractivity contribution is -0.133. The van der Waals surface area contributed by atoms with Gasteiger partial charge in [-0.1, -0.05) is 0 Å². The summed E-state index contributed by atoms with van der Waals surface area (Å²) in [7, 11) is 0. The van der Waals surface area contributed by atoms with Gasteiger partial charge in [-0.15, -0.1) is 0 Å². The van der Waals surface area contributed by atoms with Gasteiger partial charge in [0.15, 0.2) is 0 Å². The third kappa shape index (κ3) is 2.75. The van der Waals surface area contributed by atoms with E-state index in [4.69, 9.17) is 10.2 Å². The summed E-state index contributed by atoms with van der Waals surface area (Å²) in [5.74, 6) is 0.163. The summed E-state index contributed by atoms with van der Waals surface area (Å²) in [6.07, 6.45) is 5.38. The number of fused-ring (bicyclic) bond motifs is 1. The molecule has 22 heavy (non-hydrogen) atoms. The van der Waals surface area contributed by atoms with Crippen molar-refractivity contribution >= 4 is 16.9 Å². The number of nitrogens with two attached hydrogens (primary N) is 1. The van der Waals surface area contributed by atoms with Crippen LogP contribution in [0.25, 0.3) is 11.0 Å². The van der Waals surface area contributed by atoms with Crippen molar-refractivity contribution in [2.45, 2.75) is 45.6 Å². The second-order valence-electron chi connectivity index (χ2n) is 6.34. The zero-order valence-electron chi connectivity index (χ0n) is 13.4. The van der Waals surface area contributed by atoms with E-state index in [9.17, 15) is 4.79 Å². The van der Waals surface area contributed by atoms with Crippen LogP contribution >= 0.6 is 0 Å². The number of aryl methyl sites for hydroxylation is 2. The molecule has 0 radical (unpaired) electrons. The fraction of sp³-hybridized carbons (Fsp3) is 0.500. The molecule has 1 fully saturated rings. The fourth-order valence-corrected chi connectivity index (χ4v) is 3.31. The van der Waals surface area contributed by atoms with Crippen LogP contribution in [-0.2, 0) is 11.2 Å². The first kappa shape index (κ1) is 15.1. The summed E-state index contributed by atoms with van der Waals surface area (Å²) in [4.78, 5) is 14.6. The van der Waals surface area contributed by atoms with E-state index in [0.29, 0.717) is 13.0 Å². The van der Waals surface area contributed by atoms with Crippen molar-refractivity contribution in [2.24, 2.45) is 5.73 Å². The predicted octanol–water partition coefficient (Wildman–Crippen LogP) is 2.93. The number of amides is 1. The normalized spacial score (nSPS) is 18.9. The topological polar surface area (TPSA) is 59.5 Å². The summed E-state index contributed by atoms with van der Waals surface area (Å²) in [5, 5.41) is 1.05. The van der Waals surface area contributed by atoms with E-state index < -0.39 is 0 Å². The number of rotatable bonds is 3. The molecule has 1 unspecified atom stereocenters. The SMILES string of the molecule is Cc1cc2occ(CC(=O)N3CCCCC3CN)c2cc1C. The van der Waals surface area contributed by atoms with Gasteiger partial charge in [-0.2, -0.15) is 0 Å². The van der Waals surface area contributed by atoms with Crippen molar-refractivity contribution in [1.29, 1.82) is 0 Å². The molecule has 2 aromatic rings. The van der Waals surface area contributed by atoms with E-state index in [1.807, 2.05) is 11.0 Å². The molecule has 1 atom stereocenters. The molecule has 0 aliphatic carbocycles. The van der Waals surface area contributed by atoms with Crippen LogP contribution in [0.4, 0.5) is 0 Å². The lowest BCUT2D eigenvalue weighted by Crippen LogP contribution is -2.48. The van der Waals surface area contributed by atoms with Gasteiger partial charge in [-0.3, -0.25) is 4.79 Å². The minimum atomic E-state index is 0.163. The van der Waals surface area contributed by atoms with Crippen LogP contribution < -0.4 is 5.73 Å². The molecule has 1 amide bonds. The van der Waals surface area contributed by atoms with Crippen LogP contribution in [0.15, 0.2) is 22.8 Å². The third-order valence-corrected chi connectivity index (χ3v) is 4.83. The van der Waals surface area contributed by atoms with Gasteiger partial charge >= 0.3 is 0 Å². The first-order valence-electron chi connectivity index (χ1n) is 8.07.